The molecule has 0 fully saturated rings. The first-order chi connectivity index (χ1) is 18.6. The Hall–Kier alpha value is -3.72. The molecule has 7 nitrogen and oxygen atoms in total. The molecule has 0 unspecified atom stereocenters. The Morgan fingerprint density at radius 3 is 2.31 bits per heavy atom. The summed E-state index contributed by atoms with van der Waals surface area (Å²) in [6.45, 7) is 3.53. The Bertz CT molecular complexity index is 1370. The van der Waals surface area contributed by atoms with Crippen molar-refractivity contribution in [3.63, 3.8) is 0 Å². The summed E-state index contributed by atoms with van der Waals surface area (Å²) < 4.78 is 41.4. The number of rotatable bonds is 13. The highest BCUT2D eigenvalue weighted by molar-refractivity contribution is 7.92. The second-order valence-electron chi connectivity index (χ2n) is 9.57. The fourth-order valence-electron chi connectivity index (χ4n) is 4.27. The monoisotopic (exact) mass is 553 g/mol. The van der Waals surface area contributed by atoms with Crippen LogP contribution < -0.4 is 9.62 Å². The second-order valence-corrected chi connectivity index (χ2v) is 11.5. The number of anilines is 1. The Morgan fingerprint density at radius 2 is 1.67 bits per heavy atom. The van der Waals surface area contributed by atoms with Crippen molar-refractivity contribution in [2.45, 2.75) is 45.7 Å². The fourth-order valence-corrected chi connectivity index (χ4v) is 5.11. The molecule has 0 spiro atoms. The van der Waals surface area contributed by atoms with Gasteiger partial charge in [0.2, 0.25) is 21.8 Å². The summed E-state index contributed by atoms with van der Waals surface area (Å²) in [5.41, 5.74) is 2.21. The van der Waals surface area contributed by atoms with Crippen LogP contribution in [0.2, 0.25) is 0 Å². The maximum atomic E-state index is 14.8. The van der Waals surface area contributed by atoms with Crippen LogP contribution >= 0.6 is 0 Å². The first-order valence-electron chi connectivity index (χ1n) is 13.0. The smallest absolute Gasteiger partial charge is 0.244 e. The van der Waals surface area contributed by atoms with Gasteiger partial charge in [-0.2, -0.15) is 0 Å². The Morgan fingerprint density at radius 1 is 0.974 bits per heavy atom. The number of hydrogen-bond acceptors (Lipinski definition) is 4. The van der Waals surface area contributed by atoms with Crippen molar-refractivity contribution >= 4 is 27.5 Å². The van der Waals surface area contributed by atoms with Gasteiger partial charge in [0, 0.05) is 25.1 Å². The average Bonchev–Trinajstić information content (AvgIpc) is 2.90. The minimum atomic E-state index is -3.86. The number of carbonyl (C=O) groups excluding carboxylic acids is 2. The molecule has 9 heteroatoms. The quantitative estimate of drug-likeness (QED) is 0.317. The molecule has 0 heterocycles. The predicted molar refractivity (Wildman–Crippen MR) is 152 cm³/mol. The number of sulfonamides is 1. The minimum absolute atomic E-state index is 0.183. The summed E-state index contributed by atoms with van der Waals surface area (Å²) in [4.78, 5) is 28.8. The highest BCUT2D eigenvalue weighted by Gasteiger charge is 2.33. The maximum Gasteiger partial charge on any atom is 0.244 e. The molecule has 0 radical (unpaired) electrons. The van der Waals surface area contributed by atoms with Crippen molar-refractivity contribution in [3.8, 4) is 0 Å². The molecule has 0 aromatic heterocycles. The predicted octanol–water partition coefficient (Wildman–Crippen LogP) is 4.46. The van der Waals surface area contributed by atoms with Crippen LogP contribution in [-0.4, -0.2) is 50.5 Å². The number of nitrogens with zero attached hydrogens (tertiary/aromatic N) is 2. The molecule has 0 bridgehead atoms. The standard InChI is InChI=1S/C30H36FN3O4S/c1-4-5-18-32-30(36)28(20-24-13-7-6-8-14-24)33(21-25-15-9-10-17-27(25)31)29(35)22-34(39(3,37)38)26-16-11-12-23(2)19-26/h6-17,19,28H,4-5,18,20-22H2,1-3H3,(H,32,36)/t28-/m0/s1. The highest BCUT2D eigenvalue weighted by Crippen LogP contribution is 2.22. The van der Waals surface area contributed by atoms with Gasteiger partial charge in [-0.3, -0.25) is 13.9 Å². The van der Waals surface area contributed by atoms with Gasteiger partial charge in [0.1, 0.15) is 18.4 Å². The van der Waals surface area contributed by atoms with E-state index in [9.17, 15) is 22.4 Å². The van der Waals surface area contributed by atoms with Gasteiger partial charge in [-0.05, 0) is 42.7 Å². The van der Waals surface area contributed by atoms with Gasteiger partial charge in [0.25, 0.3) is 0 Å². The van der Waals surface area contributed by atoms with Crippen LogP contribution in [0.25, 0.3) is 0 Å². The summed E-state index contributed by atoms with van der Waals surface area (Å²) in [6, 6.07) is 21.1. The zero-order valence-corrected chi connectivity index (χ0v) is 23.5. The normalized spacial score (nSPS) is 12.0. The molecule has 0 saturated heterocycles. The largest absolute Gasteiger partial charge is 0.354 e. The van der Waals surface area contributed by atoms with Crippen LogP contribution in [0.4, 0.5) is 10.1 Å². The third-order valence-corrected chi connectivity index (χ3v) is 7.51. The number of carbonyl (C=O) groups is 2. The van der Waals surface area contributed by atoms with Gasteiger partial charge in [0.05, 0.1) is 11.9 Å². The lowest BCUT2D eigenvalue weighted by atomic mass is 10.0. The molecule has 1 N–H and O–H groups in total. The van der Waals surface area contributed by atoms with Crippen LogP contribution in [0.1, 0.15) is 36.5 Å². The van der Waals surface area contributed by atoms with Crippen molar-refractivity contribution in [1.29, 1.82) is 0 Å². The van der Waals surface area contributed by atoms with E-state index in [0.29, 0.717) is 12.2 Å². The molecular weight excluding hydrogens is 517 g/mol. The molecule has 39 heavy (non-hydrogen) atoms. The molecule has 0 aliphatic carbocycles. The lowest BCUT2D eigenvalue weighted by Crippen LogP contribution is -2.53. The Labute approximate surface area is 230 Å². The highest BCUT2D eigenvalue weighted by atomic mass is 32.2. The summed E-state index contributed by atoms with van der Waals surface area (Å²) in [5, 5.41) is 2.90. The van der Waals surface area contributed by atoms with Gasteiger partial charge in [-0.15, -0.1) is 0 Å². The molecule has 3 aromatic carbocycles. The van der Waals surface area contributed by atoms with Crippen molar-refractivity contribution in [1.82, 2.24) is 10.2 Å². The van der Waals surface area contributed by atoms with E-state index < -0.39 is 34.3 Å². The summed E-state index contributed by atoms with van der Waals surface area (Å²) >= 11 is 0. The molecule has 208 valence electrons. The van der Waals surface area contributed by atoms with Crippen molar-refractivity contribution in [2.24, 2.45) is 0 Å². The lowest BCUT2D eigenvalue weighted by Gasteiger charge is -2.33. The summed E-state index contributed by atoms with van der Waals surface area (Å²) in [7, 11) is -3.86. The van der Waals surface area contributed by atoms with E-state index in [0.717, 1.165) is 34.5 Å². The minimum Gasteiger partial charge on any atom is -0.354 e. The van der Waals surface area contributed by atoms with Gasteiger partial charge in [-0.25, -0.2) is 12.8 Å². The lowest BCUT2D eigenvalue weighted by molar-refractivity contribution is -0.140. The van der Waals surface area contributed by atoms with Gasteiger partial charge in [0.15, 0.2) is 0 Å². The van der Waals surface area contributed by atoms with E-state index in [-0.39, 0.29) is 24.4 Å². The summed E-state index contributed by atoms with van der Waals surface area (Å²) in [5.74, 6) is -1.51. The molecule has 0 saturated carbocycles. The van der Waals surface area contributed by atoms with Gasteiger partial charge < -0.3 is 10.2 Å². The number of hydrogen-bond donors (Lipinski definition) is 1. The molecular formula is C30H36FN3O4S. The van der Waals surface area contributed by atoms with Crippen LogP contribution in [0.5, 0.6) is 0 Å². The zero-order chi connectivity index (χ0) is 28.4. The van der Waals surface area contributed by atoms with Crippen molar-refractivity contribution < 1.29 is 22.4 Å². The van der Waals surface area contributed by atoms with Crippen molar-refractivity contribution in [3.05, 3.63) is 101 Å². The van der Waals surface area contributed by atoms with Crippen LogP contribution in [0, 0.1) is 12.7 Å². The summed E-state index contributed by atoms with van der Waals surface area (Å²) in [6.07, 6.45) is 2.85. The molecule has 0 aliphatic rings. The average molecular weight is 554 g/mol. The molecule has 1 atom stereocenters. The number of benzene rings is 3. The first-order valence-corrected chi connectivity index (χ1v) is 14.8. The Kier molecular flexibility index (Phi) is 10.6. The number of nitrogens with one attached hydrogen (secondary N) is 1. The van der Waals surface area contributed by atoms with Crippen molar-refractivity contribution in [2.75, 3.05) is 23.7 Å². The third-order valence-electron chi connectivity index (χ3n) is 6.37. The van der Waals surface area contributed by atoms with E-state index in [4.69, 9.17) is 0 Å². The maximum absolute atomic E-state index is 14.8. The SMILES string of the molecule is CCCCNC(=O)[C@H](Cc1ccccc1)N(Cc1ccccc1F)C(=O)CN(c1cccc(C)c1)S(C)(=O)=O. The van der Waals surface area contributed by atoms with Crippen LogP contribution in [-0.2, 0) is 32.6 Å². The van der Waals surface area contributed by atoms with E-state index in [1.807, 2.05) is 50.2 Å². The van der Waals surface area contributed by atoms with Gasteiger partial charge in [-0.1, -0.05) is 74.0 Å². The number of amides is 2. The van der Waals surface area contributed by atoms with Crippen LogP contribution in [0.3, 0.4) is 0 Å². The van der Waals surface area contributed by atoms with E-state index in [1.165, 1.54) is 11.0 Å². The number of aryl methyl sites for hydroxylation is 1. The first kappa shape index (κ1) is 29.8. The number of halogens is 1. The van der Waals surface area contributed by atoms with E-state index >= 15 is 0 Å². The molecule has 3 aromatic rings. The van der Waals surface area contributed by atoms with E-state index in [1.54, 1.807) is 36.4 Å². The molecule has 2 amide bonds. The molecule has 0 aliphatic heterocycles. The second kappa shape index (κ2) is 13.9. The van der Waals surface area contributed by atoms with E-state index in [2.05, 4.69) is 5.32 Å². The Balaban J connectivity index is 2.04. The fraction of sp³-hybridized carbons (Fsp3) is 0.333. The van der Waals surface area contributed by atoms with Crippen LogP contribution in [0.15, 0.2) is 78.9 Å². The third kappa shape index (κ3) is 8.64. The number of unbranched alkanes of at least 4 members (excludes halogenated alkanes) is 1. The molecule has 3 rings (SSSR count). The zero-order valence-electron chi connectivity index (χ0n) is 22.6. The topological polar surface area (TPSA) is 86.8 Å². The van der Waals surface area contributed by atoms with Gasteiger partial charge >= 0.3 is 0 Å².